The molecule has 0 amide bonds. The molecule has 4 unspecified atom stereocenters. The molecule has 0 bridgehead atoms. The largest absolute Gasteiger partial charge is 0.203 e. The van der Waals surface area contributed by atoms with Crippen molar-refractivity contribution in [2.24, 2.45) is 23.7 Å². The molecule has 16 heteroatoms. The lowest BCUT2D eigenvalue weighted by atomic mass is 9.95. The highest BCUT2D eigenvalue weighted by Crippen LogP contribution is 2.55. The first-order valence-corrected chi connectivity index (χ1v) is 43.0. The maximum Gasteiger partial charge on any atom is 0.168 e. The van der Waals surface area contributed by atoms with Gasteiger partial charge >= 0.3 is 0 Å². The fraction of sp³-hybridized carbons (Fsp3) is 0.372. The number of thioether (sulfide) groups is 2. The molecule has 102 heavy (non-hydrogen) atoms. The molecular formula is C86H86F2N6S8. The van der Waals surface area contributed by atoms with Gasteiger partial charge in [-0.25, -0.2) is 8.78 Å². The summed E-state index contributed by atoms with van der Waals surface area (Å²) in [5, 5.41) is 23.4. The average Bonchev–Trinajstić information content (AvgIpc) is 1.56. The summed E-state index contributed by atoms with van der Waals surface area (Å²) in [5.41, 5.74) is 9.76. The standard InChI is InChI=1S/C86H86F2N6S8/c1-11-19-25-27-33-59(31-23-15-5)51-93-89-81-55(9)35-36-63(82(81)90-93)70-43-41-68(98-70)61-37-38-62(80(88)79(61)87)69-42-44-71(99-69)64-39-40-65(84-83(64)91-94(92-84)52-60(32-24-16-6)34-28-26-20-12-2)74-50-67-78(73-46-48-76(101-73)96-54-58(18-8)30-22-14-4)85-66(49-56(10)97-85)77(86(67)102-74)72-45-47-75(100-72)95-53-57(17-7)29-21-13-3/h1,5,35-50,57-60H,12-14,16-18,20-22,24,26,28-30,32,34,51-54H2,2-4,6-10H3. The summed E-state index contributed by atoms with van der Waals surface area (Å²) in [6.45, 7) is 19.1. The molecule has 4 atom stereocenters. The van der Waals surface area contributed by atoms with Crippen LogP contribution in [0, 0.1) is 109 Å². The van der Waals surface area contributed by atoms with E-state index in [0.29, 0.717) is 38.5 Å². The topological polar surface area (TPSA) is 61.4 Å². The van der Waals surface area contributed by atoms with Gasteiger partial charge in [-0.1, -0.05) is 155 Å². The number of fused-ring (bicyclic) bond motifs is 4. The fourth-order valence-electron chi connectivity index (χ4n) is 13.4. The zero-order chi connectivity index (χ0) is 71.2. The van der Waals surface area contributed by atoms with Gasteiger partial charge in [0.1, 0.15) is 28.0 Å². The average molecular weight is 1500 g/mol. The summed E-state index contributed by atoms with van der Waals surface area (Å²) in [6, 6.07) is 33.9. The molecule has 4 aromatic carbocycles. The van der Waals surface area contributed by atoms with E-state index in [4.69, 9.17) is 33.2 Å². The van der Waals surface area contributed by atoms with Crippen LogP contribution in [0.2, 0.25) is 0 Å². The molecule has 12 aromatic rings. The van der Waals surface area contributed by atoms with E-state index in [1.165, 1.54) is 154 Å². The summed E-state index contributed by atoms with van der Waals surface area (Å²) < 4.78 is 39.3. The predicted molar refractivity (Wildman–Crippen MR) is 443 cm³/mol. The molecule has 522 valence electrons. The zero-order valence-corrected chi connectivity index (χ0v) is 66.1. The van der Waals surface area contributed by atoms with E-state index < -0.39 is 17.6 Å². The molecule has 0 aliphatic heterocycles. The Morgan fingerprint density at radius 3 is 1.42 bits per heavy atom. The second kappa shape index (κ2) is 35.5. The number of rotatable bonds is 33. The second-order valence-corrected chi connectivity index (χ2v) is 35.8. The summed E-state index contributed by atoms with van der Waals surface area (Å²) in [7, 11) is 0. The minimum atomic E-state index is -0.905. The third-order valence-corrected chi connectivity index (χ3v) is 28.9. The Kier molecular flexibility index (Phi) is 25.9. The molecular weight excluding hydrogens is 1410 g/mol. The molecule has 12 rings (SSSR count). The Hall–Kier alpha value is -7.24. The number of terminal acetylenes is 2. The SMILES string of the molecule is C#CC#CC#CC(C#CC#C)Cn1nc2c(C)ccc(-c3ccc(-c4ccc(-c5ccc(-c6ccc(-c7cc8c(-c9ccc(SCC(CC)CCCC)s9)c9sc(C)cc9c(-c9ccc(SCC(CC)CCCC)s9)c8s7)c7nn(CC(CCCC)CCCCCC)nc67)s5)c(F)c4F)s3)c2n1. The van der Waals surface area contributed by atoms with Crippen LogP contribution >= 0.6 is 91.5 Å². The molecule has 0 aliphatic carbocycles. The van der Waals surface area contributed by atoms with E-state index in [-0.39, 0.29) is 17.7 Å². The molecule has 0 saturated carbocycles. The minimum Gasteiger partial charge on any atom is -0.203 e. The first-order valence-electron chi connectivity index (χ1n) is 36.1. The Labute approximate surface area is 634 Å². The van der Waals surface area contributed by atoms with Crippen LogP contribution < -0.4 is 0 Å². The van der Waals surface area contributed by atoms with Crippen LogP contribution in [0.1, 0.15) is 155 Å². The Bertz CT molecular complexity index is 5110. The molecule has 0 aliphatic rings. The highest BCUT2D eigenvalue weighted by Gasteiger charge is 2.28. The summed E-state index contributed by atoms with van der Waals surface area (Å²) in [4.78, 5) is 11.6. The number of benzene rings is 4. The highest BCUT2D eigenvalue weighted by atomic mass is 32.2. The molecule has 8 aromatic heterocycles. The van der Waals surface area contributed by atoms with E-state index in [0.717, 1.165) is 91.7 Å². The van der Waals surface area contributed by atoms with Crippen LogP contribution in [-0.4, -0.2) is 41.5 Å². The fourth-order valence-corrected chi connectivity index (χ4v) is 23.0. The molecule has 0 saturated heterocycles. The van der Waals surface area contributed by atoms with Crippen molar-refractivity contribution in [2.75, 3.05) is 11.5 Å². The molecule has 0 radical (unpaired) electrons. The first kappa shape index (κ1) is 74.5. The van der Waals surface area contributed by atoms with Gasteiger partial charge in [-0.2, -0.15) is 30.0 Å². The quantitative estimate of drug-likeness (QED) is 0.0232. The minimum absolute atomic E-state index is 0.180. The van der Waals surface area contributed by atoms with Gasteiger partial charge in [0.15, 0.2) is 11.6 Å². The Morgan fingerprint density at radius 2 is 0.873 bits per heavy atom. The van der Waals surface area contributed by atoms with Gasteiger partial charge in [-0.3, -0.25) is 0 Å². The van der Waals surface area contributed by atoms with E-state index in [1.807, 2.05) is 117 Å². The Balaban J connectivity index is 0.921. The van der Waals surface area contributed by atoms with Gasteiger partial charge in [0.2, 0.25) is 0 Å². The van der Waals surface area contributed by atoms with Crippen molar-refractivity contribution in [1.82, 2.24) is 30.0 Å². The summed E-state index contributed by atoms with van der Waals surface area (Å²) in [5.74, 6) is 22.9. The van der Waals surface area contributed by atoms with Crippen LogP contribution in [0.5, 0.6) is 0 Å². The van der Waals surface area contributed by atoms with E-state index in [9.17, 15) is 0 Å². The number of thiophene rings is 6. The lowest BCUT2D eigenvalue weighted by Gasteiger charge is -2.15. The molecule has 0 fully saturated rings. The number of halogens is 2. The molecule has 8 heterocycles. The van der Waals surface area contributed by atoms with E-state index in [2.05, 4.69) is 144 Å². The van der Waals surface area contributed by atoms with Crippen molar-refractivity contribution >= 4 is 134 Å². The van der Waals surface area contributed by atoms with Gasteiger partial charge in [0, 0.05) is 110 Å². The third kappa shape index (κ3) is 17.1. The van der Waals surface area contributed by atoms with Crippen molar-refractivity contribution in [1.29, 1.82) is 0 Å². The van der Waals surface area contributed by atoms with Crippen molar-refractivity contribution < 1.29 is 8.78 Å². The van der Waals surface area contributed by atoms with Crippen molar-refractivity contribution in [3.63, 3.8) is 0 Å². The molecule has 0 spiro atoms. The number of unbranched alkanes of at least 4 members (excludes halogenated alkanes) is 6. The monoisotopic (exact) mass is 1500 g/mol. The number of aryl methyl sites for hydroxylation is 2. The molecule has 0 N–H and O–H groups in total. The van der Waals surface area contributed by atoms with Gasteiger partial charge in [-0.05, 0) is 171 Å². The van der Waals surface area contributed by atoms with Crippen molar-refractivity contribution in [3.05, 3.63) is 119 Å². The van der Waals surface area contributed by atoms with Crippen molar-refractivity contribution in [3.8, 4) is 133 Å². The smallest absolute Gasteiger partial charge is 0.168 e. The lowest BCUT2D eigenvalue weighted by Crippen LogP contribution is -2.13. The maximum atomic E-state index is 17.0. The van der Waals surface area contributed by atoms with E-state index in [1.54, 1.807) is 16.9 Å². The van der Waals surface area contributed by atoms with Gasteiger partial charge in [0.25, 0.3) is 0 Å². The zero-order valence-electron chi connectivity index (χ0n) is 59.5. The van der Waals surface area contributed by atoms with Crippen molar-refractivity contribution in [2.45, 2.75) is 180 Å². The van der Waals surface area contributed by atoms with E-state index >= 15 is 8.78 Å². The molecule has 6 nitrogen and oxygen atoms in total. The number of nitrogens with zero attached hydrogens (tertiary/aromatic N) is 6. The van der Waals surface area contributed by atoms with Gasteiger partial charge in [-0.15, -0.1) is 104 Å². The normalized spacial score (nSPS) is 12.7. The first-order chi connectivity index (χ1) is 49.8. The number of hydrogen-bond acceptors (Lipinski definition) is 12. The second-order valence-electron chi connectivity index (χ2n) is 26.5. The summed E-state index contributed by atoms with van der Waals surface area (Å²) >= 11 is 14.6. The van der Waals surface area contributed by atoms with Crippen LogP contribution in [0.25, 0.3) is 115 Å². The lowest BCUT2D eigenvalue weighted by molar-refractivity contribution is 0.330. The third-order valence-electron chi connectivity index (χ3n) is 19.2. The highest BCUT2D eigenvalue weighted by molar-refractivity contribution is 8.01. The van der Waals surface area contributed by atoms with Crippen LogP contribution in [0.15, 0.2) is 105 Å². The van der Waals surface area contributed by atoms with Crippen LogP contribution in [0.4, 0.5) is 8.78 Å². The summed E-state index contributed by atoms with van der Waals surface area (Å²) in [6.07, 6.45) is 30.2. The maximum absolute atomic E-state index is 17.0. The predicted octanol–water partition coefficient (Wildman–Crippen LogP) is 26.7. The van der Waals surface area contributed by atoms with Crippen LogP contribution in [-0.2, 0) is 13.1 Å². The van der Waals surface area contributed by atoms with Gasteiger partial charge in [0.05, 0.1) is 21.5 Å². The van der Waals surface area contributed by atoms with Crippen LogP contribution in [0.3, 0.4) is 0 Å². The number of hydrogen-bond donors (Lipinski definition) is 0. The number of aromatic nitrogens is 6. The Morgan fingerprint density at radius 1 is 0.422 bits per heavy atom. The van der Waals surface area contributed by atoms with Gasteiger partial charge < -0.3 is 0 Å².